The van der Waals surface area contributed by atoms with Crippen molar-refractivity contribution in [2.75, 3.05) is 20.1 Å². The van der Waals surface area contributed by atoms with E-state index in [0.29, 0.717) is 11.8 Å². The minimum absolute atomic E-state index is 0.0453. The van der Waals surface area contributed by atoms with Gasteiger partial charge >= 0.3 is 0 Å². The van der Waals surface area contributed by atoms with Gasteiger partial charge in [-0.3, -0.25) is 4.79 Å². The Morgan fingerprint density at radius 1 is 1.50 bits per heavy atom. The van der Waals surface area contributed by atoms with Crippen molar-refractivity contribution < 1.29 is 9.21 Å². The maximum atomic E-state index is 12.4. The van der Waals surface area contributed by atoms with Crippen LogP contribution in [0.4, 0.5) is 0 Å². The Morgan fingerprint density at radius 2 is 2.33 bits per heavy atom. The van der Waals surface area contributed by atoms with E-state index in [9.17, 15) is 4.79 Å². The predicted octanol–water partition coefficient (Wildman–Crippen LogP) is 2.19. The molecule has 1 aromatic rings. The minimum Gasteiger partial charge on any atom is -0.456 e. The molecule has 1 unspecified atom stereocenters. The topological polar surface area (TPSA) is 45.5 Å². The fourth-order valence-corrected chi connectivity index (χ4v) is 2.57. The van der Waals surface area contributed by atoms with Gasteiger partial charge in [-0.1, -0.05) is 0 Å². The first-order valence-electron chi connectivity index (χ1n) is 6.74. The van der Waals surface area contributed by atoms with Crippen molar-refractivity contribution in [2.24, 2.45) is 0 Å². The highest BCUT2D eigenvalue weighted by Gasteiger charge is 2.28. The predicted molar refractivity (Wildman–Crippen MR) is 70.7 cm³/mol. The van der Waals surface area contributed by atoms with Crippen molar-refractivity contribution in [3.05, 3.63) is 23.7 Å². The molecule has 0 spiro atoms. The fourth-order valence-electron chi connectivity index (χ4n) is 2.57. The lowest BCUT2D eigenvalue weighted by molar-refractivity contribution is 0.0569. The van der Waals surface area contributed by atoms with Crippen LogP contribution in [-0.2, 0) is 0 Å². The number of piperidine rings is 1. The SMILES string of the molecule is CNCCC1CCCCN1C(=O)c1ccc(C)o1. The molecular weight excluding hydrogens is 228 g/mol. The zero-order valence-electron chi connectivity index (χ0n) is 11.2. The van der Waals surface area contributed by atoms with Gasteiger partial charge in [0.15, 0.2) is 5.76 Å². The van der Waals surface area contributed by atoms with E-state index < -0.39 is 0 Å². The maximum Gasteiger partial charge on any atom is 0.289 e. The van der Waals surface area contributed by atoms with Crippen LogP contribution >= 0.6 is 0 Å². The summed E-state index contributed by atoms with van der Waals surface area (Å²) in [5, 5.41) is 3.16. The molecule has 1 N–H and O–H groups in total. The van der Waals surface area contributed by atoms with E-state index in [0.717, 1.165) is 38.1 Å². The van der Waals surface area contributed by atoms with Crippen LogP contribution in [0, 0.1) is 6.92 Å². The monoisotopic (exact) mass is 250 g/mol. The van der Waals surface area contributed by atoms with E-state index in [1.807, 2.05) is 24.9 Å². The molecule has 1 aliphatic heterocycles. The van der Waals surface area contributed by atoms with Gasteiger partial charge in [0.1, 0.15) is 5.76 Å². The summed E-state index contributed by atoms with van der Waals surface area (Å²) >= 11 is 0. The number of hydrogen-bond acceptors (Lipinski definition) is 3. The van der Waals surface area contributed by atoms with Crippen LogP contribution in [0.5, 0.6) is 0 Å². The molecule has 1 fully saturated rings. The molecule has 2 heterocycles. The fraction of sp³-hybridized carbons (Fsp3) is 0.643. The normalized spacial score (nSPS) is 20.1. The van der Waals surface area contributed by atoms with Crippen LogP contribution in [0.25, 0.3) is 0 Å². The van der Waals surface area contributed by atoms with Gasteiger partial charge in [-0.25, -0.2) is 0 Å². The number of carbonyl (C=O) groups is 1. The zero-order chi connectivity index (χ0) is 13.0. The van der Waals surface area contributed by atoms with Crippen LogP contribution in [-0.4, -0.2) is 37.0 Å². The highest BCUT2D eigenvalue weighted by Crippen LogP contribution is 2.22. The Morgan fingerprint density at radius 3 is 3.00 bits per heavy atom. The quantitative estimate of drug-likeness (QED) is 0.891. The van der Waals surface area contributed by atoms with Gasteiger partial charge in [0.2, 0.25) is 0 Å². The van der Waals surface area contributed by atoms with Gasteiger partial charge < -0.3 is 14.6 Å². The Kier molecular flexibility index (Phi) is 4.42. The summed E-state index contributed by atoms with van der Waals surface area (Å²) in [6.45, 7) is 3.67. The molecule has 0 aromatic carbocycles. The van der Waals surface area contributed by atoms with Crippen molar-refractivity contribution in [1.82, 2.24) is 10.2 Å². The van der Waals surface area contributed by atoms with E-state index in [4.69, 9.17) is 4.42 Å². The number of rotatable bonds is 4. The van der Waals surface area contributed by atoms with Gasteiger partial charge in [0.05, 0.1) is 0 Å². The minimum atomic E-state index is 0.0453. The summed E-state index contributed by atoms with van der Waals surface area (Å²) in [7, 11) is 1.95. The molecule has 0 radical (unpaired) electrons. The largest absolute Gasteiger partial charge is 0.456 e. The molecule has 1 saturated heterocycles. The van der Waals surface area contributed by atoms with E-state index in [-0.39, 0.29) is 5.91 Å². The first-order valence-corrected chi connectivity index (χ1v) is 6.74. The first-order chi connectivity index (χ1) is 8.72. The molecule has 1 aromatic heterocycles. The van der Waals surface area contributed by atoms with E-state index in [2.05, 4.69) is 5.32 Å². The third-order valence-corrected chi connectivity index (χ3v) is 3.57. The third-order valence-electron chi connectivity index (χ3n) is 3.57. The summed E-state index contributed by atoms with van der Waals surface area (Å²) in [5.41, 5.74) is 0. The van der Waals surface area contributed by atoms with Gasteiger partial charge in [-0.05, 0) is 58.3 Å². The number of aryl methyl sites for hydroxylation is 1. The summed E-state index contributed by atoms with van der Waals surface area (Å²) in [5.74, 6) is 1.31. The summed E-state index contributed by atoms with van der Waals surface area (Å²) in [4.78, 5) is 14.4. The van der Waals surface area contributed by atoms with Crippen LogP contribution < -0.4 is 5.32 Å². The summed E-state index contributed by atoms with van der Waals surface area (Å²) < 4.78 is 5.44. The second-order valence-electron chi connectivity index (χ2n) is 4.95. The molecule has 0 saturated carbocycles. The average molecular weight is 250 g/mol. The molecule has 4 nitrogen and oxygen atoms in total. The Balaban J connectivity index is 2.06. The first kappa shape index (κ1) is 13.1. The van der Waals surface area contributed by atoms with Crippen LogP contribution in [0.2, 0.25) is 0 Å². The zero-order valence-corrected chi connectivity index (χ0v) is 11.2. The average Bonchev–Trinajstić information content (AvgIpc) is 2.82. The van der Waals surface area contributed by atoms with Gasteiger partial charge in [-0.2, -0.15) is 0 Å². The van der Waals surface area contributed by atoms with Gasteiger partial charge in [-0.15, -0.1) is 0 Å². The van der Waals surface area contributed by atoms with Crippen molar-refractivity contribution >= 4 is 5.91 Å². The number of carbonyl (C=O) groups excluding carboxylic acids is 1. The number of nitrogens with one attached hydrogen (secondary N) is 1. The Bertz CT molecular complexity index is 400. The van der Waals surface area contributed by atoms with Gasteiger partial charge in [0, 0.05) is 12.6 Å². The van der Waals surface area contributed by atoms with E-state index >= 15 is 0 Å². The van der Waals surface area contributed by atoms with Crippen molar-refractivity contribution in [3.8, 4) is 0 Å². The lowest BCUT2D eigenvalue weighted by Crippen LogP contribution is -2.44. The van der Waals surface area contributed by atoms with E-state index in [1.165, 1.54) is 6.42 Å². The number of nitrogens with zero attached hydrogens (tertiary/aromatic N) is 1. The molecule has 18 heavy (non-hydrogen) atoms. The van der Waals surface area contributed by atoms with Crippen LogP contribution in [0.1, 0.15) is 42.0 Å². The molecule has 100 valence electrons. The molecule has 1 atom stereocenters. The van der Waals surface area contributed by atoms with Gasteiger partial charge in [0.25, 0.3) is 5.91 Å². The second-order valence-corrected chi connectivity index (χ2v) is 4.95. The lowest BCUT2D eigenvalue weighted by Gasteiger charge is -2.35. The molecular formula is C14H22N2O2. The summed E-state index contributed by atoms with van der Waals surface area (Å²) in [6, 6.07) is 3.98. The molecule has 4 heteroatoms. The highest BCUT2D eigenvalue weighted by molar-refractivity contribution is 5.91. The van der Waals surface area contributed by atoms with Crippen LogP contribution in [0.15, 0.2) is 16.5 Å². The van der Waals surface area contributed by atoms with Crippen molar-refractivity contribution in [3.63, 3.8) is 0 Å². The third kappa shape index (κ3) is 2.93. The molecule has 1 amide bonds. The molecule has 2 rings (SSSR count). The Labute approximate surface area is 108 Å². The molecule has 0 aliphatic carbocycles. The standard InChI is InChI=1S/C14H22N2O2/c1-11-6-7-13(18-11)14(17)16-10-4-3-5-12(16)8-9-15-2/h6-7,12,15H,3-5,8-10H2,1-2H3. The van der Waals surface area contributed by atoms with E-state index in [1.54, 1.807) is 6.07 Å². The number of amides is 1. The molecule has 0 bridgehead atoms. The smallest absolute Gasteiger partial charge is 0.289 e. The van der Waals surface area contributed by atoms with Crippen molar-refractivity contribution in [2.45, 2.75) is 38.6 Å². The lowest BCUT2D eigenvalue weighted by atomic mass is 9.99. The number of likely N-dealkylation sites (tertiary alicyclic amines) is 1. The Hall–Kier alpha value is -1.29. The van der Waals surface area contributed by atoms with Crippen molar-refractivity contribution in [1.29, 1.82) is 0 Å². The second kappa shape index (κ2) is 6.05. The highest BCUT2D eigenvalue weighted by atomic mass is 16.3. The number of furan rings is 1. The molecule has 1 aliphatic rings. The summed E-state index contributed by atoms with van der Waals surface area (Å²) in [6.07, 6.45) is 4.44. The maximum absolute atomic E-state index is 12.4. The van der Waals surface area contributed by atoms with Crippen LogP contribution in [0.3, 0.4) is 0 Å². The number of hydrogen-bond donors (Lipinski definition) is 1.